The second-order valence-electron chi connectivity index (χ2n) is 3.73. The van der Waals surface area contributed by atoms with E-state index in [1.807, 2.05) is 31.3 Å². The topological polar surface area (TPSA) is 20.3 Å². The number of hydrogen-bond donors (Lipinski definition) is 0. The van der Waals surface area contributed by atoms with Crippen LogP contribution in [0.25, 0.3) is 0 Å². The summed E-state index contributed by atoms with van der Waals surface area (Å²) < 4.78 is 0.990. The molecule has 0 aliphatic rings. The zero-order chi connectivity index (χ0) is 12.1. The van der Waals surface area contributed by atoms with Crippen molar-refractivity contribution in [2.75, 3.05) is 19.1 Å². The first-order valence-corrected chi connectivity index (χ1v) is 7.26. The molecule has 0 spiro atoms. The zero-order valence-electron chi connectivity index (χ0n) is 9.74. The van der Waals surface area contributed by atoms with Gasteiger partial charge in [0.1, 0.15) is 0 Å². The first-order valence-electron chi connectivity index (χ1n) is 5.08. The van der Waals surface area contributed by atoms with Crippen LogP contribution in [0.15, 0.2) is 28.7 Å². The highest BCUT2D eigenvalue weighted by molar-refractivity contribution is 9.10. The lowest BCUT2D eigenvalue weighted by atomic mass is 10.2. The third-order valence-corrected chi connectivity index (χ3v) is 3.82. The Labute approximate surface area is 110 Å². The average Bonchev–Trinajstić information content (AvgIpc) is 2.28. The molecule has 16 heavy (non-hydrogen) atoms. The third kappa shape index (κ3) is 3.52. The molecule has 0 fully saturated rings. The summed E-state index contributed by atoms with van der Waals surface area (Å²) in [5.41, 5.74) is 0.735. The minimum Gasteiger partial charge on any atom is -0.338 e. The van der Waals surface area contributed by atoms with Crippen molar-refractivity contribution in [3.05, 3.63) is 34.3 Å². The fourth-order valence-corrected chi connectivity index (χ4v) is 2.32. The summed E-state index contributed by atoms with van der Waals surface area (Å²) in [6.07, 6.45) is 2.05. The van der Waals surface area contributed by atoms with Gasteiger partial charge in [0.2, 0.25) is 0 Å². The van der Waals surface area contributed by atoms with Gasteiger partial charge in [0.15, 0.2) is 0 Å². The van der Waals surface area contributed by atoms with Crippen LogP contribution in [0.1, 0.15) is 17.3 Å². The standard InChI is InChI=1S/C12H16BrNOS/c1-9(8-16-3)14(2)12(15)10-4-6-11(13)7-5-10/h4-7,9H,8H2,1-3H3. The Morgan fingerprint density at radius 1 is 1.44 bits per heavy atom. The van der Waals surface area contributed by atoms with Crippen LogP contribution in [0, 0.1) is 0 Å². The zero-order valence-corrected chi connectivity index (χ0v) is 12.1. The Morgan fingerprint density at radius 2 is 2.00 bits per heavy atom. The van der Waals surface area contributed by atoms with Gasteiger partial charge in [-0.1, -0.05) is 15.9 Å². The molecule has 1 aromatic carbocycles. The predicted octanol–water partition coefficient (Wildman–Crippen LogP) is 3.27. The number of carbonyl (C=O) groups is 1. The summed E-state index contributed by atoms with van der Waals surface area (Å²) in [5, 5.41) is 0. The fraction of sp³-hybridized carbons (Fsp3) is 0.417. The van der Waals surface area contributed by atoms with Gasteiger partial charge in [0, 0.05) is 28.9 Å². The van der Waals surface area contributed by atoms with Crippen LogP contribution in [0.2, 0.25) is 0 Å². The molecule has 0 radical (unpaired) electrons. The molecule has 0 saturated carbocycles. The van der Waals surface area contributed by atoms with E-state index in [1.54, 1.807) is 16.7 Å². The summed E-state index contributed by atoms with van der Waals surface area (Å²) in [4.78, 5) is 13.9. The Kier molecular flexibility index (Phi) is 5.35. The molecular weight excluding hydrogens is 286 g/mol. The molecule has 1 rings (SSSR count). The van der Waals surface area contributed by atoms with E-state index in [9.17, 15) is 4.79 Å². The van der Waals surface area contributed by atoms with E-state index in [4.69, 9.17) is 0 Å². The van der Waals surface area contributed by atoms with Gasteiger partial charge in [-0.2, -0.15) is 11.8 Å². The molecule has 4 heteroatoms. The van der Waals surface area contributed by atoms with Crippen molar-refractivity contribution in [3.8, 4) is 0 Å². The maximum Gasteiger partial charge on any atom is 0.253 e. The van der Waals surface area contributed by atoms with Crippen LogP contribution in [-0.2, 0) is 0 Å². The summed E-state index contributed by atoms with van der Waals surface area (Å²) in [5.74, 6) is 1.03. The van der Waals surface area contributed by atoms with Gasteiger partial charge in [-0.15, -0.1) is 0 Å². The monoisotopic (exact) mass is 301 g/mol. The number of benzene rings is 1. The molecule has 0 saturated heterocycles. The van der Waals surface area contributed by atoms with Crippen molar-refractivity contribution >= 4 is 33.6 Å². The number of carbonyl (C=O) groups excluding carboxylic acids is 1. The number of thioether (sulfide) groups is 1. The Balaban J connectivity index is 2.73. The Bertz CT molecular complexity index is 353. The van der Waals surface area contributed by atoms with Gasteiger partial charge < -0.3 is 4.90 Å². The highest BCUT2D eigenvalue weighted by Gasteiger charge is 2.16. The Hall–Kier alpha value is -0.480. The molecule has 0 N–H and O–H groups in total. The minimum atomic E-state index is 0.0778. The molecule has 0 heterocycles. The highest BCUT2D eigenvalue weighted by atomic mass is 79.9. The van der Waals surface area contributed by atoms with Crippen LogP contribution >= 0.6 is 27.7 Å². The molecule has 2 nitrogen and oxygen atoms in total. The van der Waals surface area contributed by atoms with Crippen molar-refractivity contribution in [2.24, 2.45) is 0 Å². The quantitative estimate of drug-likeness (QED) is 0.851. The van der Waals surface area contributed by atoms with E-state index in [1.165, 1.54) is 0 Å². The van der Waals surface area contributed by atoms with Gasteiger partial charge in [0.05, 0.1) is 0 Å². The van der Waals surface area contributed by atoms with Gasteiger partial charge in [-0.25, -0.2) is 0 Å². The number of nitrogens with zero attached hydrogens (tertiary/aromatic N) is 1. The SMILES string of the molecule is CSCC(C)N(C)C(=O)c1ccc(Br)cc1. The maximum absolute atomic E-state index is 12.1. The highest BCUT2D eigenvalue weighted by Crippen LogP contribution is 2.13. The number of halogens is 1. The first-order chi connectivity index (χ1) is 7.56. The molecule has 88 valence electrons. The van der Waals surface area contributed by atoms with Gasteiger partial charge in [0.25, 0.3) is 5.91 Å². The van der Waals surface area contributed by atoms with Gasteiger partial charge in [-0.05, 0) is 37.4 Å². The first kappa shape index (κ1) is 13.6. The number of amides is 1. The normalized spacial score (nSPS) is 12.2. The van der Waals surface area contributed by atoms with Crippen LogP contribution in [-0.4, -0.2) is 35.9 Å². The largest absolute Gasteiger partial charge is 0.338 e. The van der Waals surface area contributed by atoms with Crippen LogP contribution < -0.4 is 0 Å². The van der Waals surface area contributed by atoms with Gasteiger partial charge in [-0.3, -0.25) is 4.79 Å². The van der Waals surface area contributed by atoms with E-state index in [2.05, 4.69) is 29.1 Å². The molecule has 1 atom stereocenters. The van der Waals surface area contributed by atoms with Crippen LogP contribution in [0.3, 0.4) is 0 Å². The van der Waals surface area contributed by atoms with Crippen LogP contribution in [0.5, 0.6) is 0 Å². The third-order valence-electron chi connectivity index (χ3n) is 2.48. The summed E-state index contributed by atoms with van der Waals surface area (Å²) >= 11 is 5.11. The van der Waals surface area contributed by atoms with E-state index in [0.717, 1.165) is 15.8 Å². The average molecular weight is 302 g/mol. The molecule has 1 aromatic rings. The number of hydrogen-bond acceptors (Lipinski definition) is 2. The summed E-state index contributed by atoms with van der Waals surface area (Å²) in [6, 6.07) is 7.72. The lowest BCUT2D eigenvalue weighted by Gasteiger charge is -2.24. The van der Waals surface area contributed by atoms with Crippen molar-refractivity contribution in [2.45, 2.75) is 13.0 Å². The molecule has 0 aromatic heterocycles. The molecular formula is C12H16BrNOS. The van der Waals surface area contributed by atoms with Crippen molar-refractivity contribution in [3.63, 3.8) is 0 Å². The summed E-state index contributed by atoms with van der Waals surface area (Å²) in [6.45, 7) is 2.06. The number of rotatable bonds is 4. The van der Waals surface area contributed by atoms with Crippen molar-refractivity contribution in [1.29, 1.82) is 0 Å². The van der Waals surface area contributed by atoms with E-state index in [0.29, 0.717) is 0 Å². The van der Waals surface area contributed by atoms with Crippen LogP contribution in [0.4, 0.5) is 0 Å². The summed E-state index contributed by atoms with van der Waals surface area (Å²) in [7, 11) is 1.85. The Morgan fingerprint density at radius 3 is 2.50 bits per heavy atom. The molecule has 1 unspecified atom stereocenters. The second-order valence-corrected chi connectivity index (χ2v) is 5.55. The minimum absolute atomic E-state index is 0.0778. The predicted molar refractivity (Wildman–Crippen MR) is 74.1 cm³/mol. The van der Waals surface area contributed by atoms with E-state index in [-0.39, 0.29) is 11.9 Å². The lowest BCUT2D eigenvalue weighted by molar-refractivity contribution is 0.0757. The van der Waals surface area contributed by atoms with E-state index < -0.39 is 0 Å². The lowest BCUT2D eigenvalue weighted by Crippen LogP contribution is -2.36. The second kappa shape index (κ2) is 6.30. The fourth-order valence-electron chi connectivity index (χ4n) is 1.35. The molecule has 1 amide bonds. The maximum atomic E-state index is 12.1. The molecule has 0 aliphatic heterocycles. The molecule has 0 aliphatic carbocycles. The smallest absolute Gasteiger partial charge is 0.253 e. The van der Waals surface area contributed by atoms with E-state index >= 15 is 0 Å². The molecule has 0 bridgehead atoms. The van der Waals surface area contributed by atoms with Gasteiger partial charge >= 0.3 is 0 Å². The van der Waals surface area contributed by atoms with Crippen molar-refractivity contribution < 1.29 is 4.79 Å². The van der Waals surface area contributed by atoms with Crippen molar-refractivity contribution in [1.82, 2.24) is 4.90 Å².